The fourth-order valence-electron chi connectivity index (χ4n) is 0.653. The highest BCUT2D eigenvalue weighted by Gasteiger charge is 1.98. The van der Waals surface area contributed by atoms with Gasteiger partial charge in [0.2, 0.25) is 0 Å². The smallest absolute Gasteiger partial charge is 0.0462 e. The summed E-state index contributed by atoms with van der Waals surface area (Å²) in [5.41, 5.74) is 0. The molecule has 0 saturated carbocycles. The SMILES string of the molecule is CCC(Cl)CCCOC. The molecule has 0 rings (SSSR count). The van der Waals surface area contributed by atoms with Crippen LogP contribution in [0.2, 0.25) is 0 Å². The third-order valence-electron chi connectivity index (χ3n) is 1.31. The van der Waals surface area contributed by atoms with Crippen molar-refractivity contribution in [3.05, 3.63) is 0 Å². The minimum absolute atomic E-state index is 0.347. The van der Waals surface area contributed by atoms with Crippen LogP contribution in [0.5, 0.6) is 0 Å². The molecule has 0 fully saturated rings. The van der Waals surface area contributed by atoms with Crippen molar-refractivity contribution >= 4 is 11.6 Å². The monoisotopic (exact) mass is 150 g/mol. The molecule has 2 heteroatoms. The molecule has 1 unspecified atom stereocenters. The van der Waals surface area contributed by atoms with Crippen molar-refractivity contribution in [1.29, 1.82) is 0 Å². The van der Waals surface area contributed by atoms with Gasteiger partial charge in [0.25, 0.3) is 0 Å². The van der Waals surface area contributed by atoms with E-state index in [0.29, 0.717) is 5.38 Å². The second kappa shape index (κ2) is 6.37. The van der Waals surface area contributed by atoms with Gasteiger partial charge in [0.15, 0.2) is 0 Å². The van der Waals surface area contributed by atoms with Gasteiger partial charge >= 0.3 is 0 Å². The molecule has 0 aliphatic carbocycles. The topological polar surface area (TPSA) is 9.23 Å². The summed E-state index contributed by atoms with van der Waals surface area (Å²) in [7, 11) is 1.72. The quantitative estimate of drug-likeness (QED) is 0.432. The van der Waals surface area contributed by atoms with Gasteiger partial charge in [-0.25, -0.2) is 0 Å². The van der Waals surface area contributed by atoms with Crippen molar-refractivity contribution in [3.8, 4) is 0 Å². The van der Waals surface area contributed by atoms with Gasteiger partial charge in [-0.05, 0) is 19.3 Å². The van der Waals surface area contributed by atoms with Crippen molar-refractivity contribution < 1.29 is 4.74 Å². The Balaban J connectivity index is 2.88. The van der Waals surface area contributed by atoms with Gasteiger partial charge in [-0.3, -0.25) is 0 Å². The molecular weight excluding hydrogens is 136 g/mol. The minimum atomic E-state index is 0.347. The van der Waals surface area contributed by atoms with Gasteiger partial charge in [-0.1, -0.05) is 6.92 Å². The van der Waals surface area contributed by atoms with Crippen molar-refractivity contribution in [3.63, 3.8) is 0 Å². The fourth-order valence-corrected chi connectivity index (χ4v) is 0.808. The number of hydrogen-bond acceptors (Lipinski definition) is 1. The van der Waals surface area contributed by atoms with E-state index < -0.39 is 0 Å². The molecule has 0 N–H and O–H groups in total. The van der Waals surface area contributed by atoms with Gasteiger partial charge in [0.05, 0.1) is 0 Å². The van der Waals surface area contributed by atoms with Crippen molar-refractivity contribution in [1.82, 2.24) is 0 Å². The van der Waals surface area contributed by atoms with E-state index in [4.69, 9.17) is 16.3 Å². The second-order valence-corrected chi connectivity index (χ2v) is 2.76. The lowest BCUT2D eigenvalue weighted by Crippen LogP contribution is -1.98. The lowest BCUT2D eigenvalue weighted by molar-refractivity contribution is 0.192. The van der Waals surface area contributed by atoms with Crippen LogP contribution in [0.15, 0.2) is 0 Å². The highest BCUT2D eigenvalue weighted by Crippen LogP contribution is 2.08. The normalized spacial score (nSPS) is 13.7. The highest BCUT2D eigenvalue weighted by molar-refractivity contribution is 6.20. The molecule has 0 spiro atoms. The van der Waals surface area contributed by atoms with Crippen LogP contribution in [-0.2, 0) is 4.74 Å². The molecule has 56 valence electrons. The molecule has 0 bridgehead atoms. The van der Waals surface area contributed by atoms with Crippen molar-refractivity contribution in [2.75, 3.05) is 13.7 Å². The maximum absolute atomic E-state index is 5.85. The average molecular weight is 151 g/mol. The van der Waals surface area contributed by atoms with Gasteiger partial charge in [-0.2, -0.15) is 0 Å². The first-order valence-electron chi connectivity index (χ1n) is 3.44. The van der Waals surface area contributed by atoms with E-state index in [0.717, 1.165) is 25.9 Å². The molecule has 1 nitrogen and oxygen atoms in total. The van der Waals surface area contributed by atoms with Crippen LogP contribution in [0.25, 0.3) is 0 Å². The summed E-state index contributed by atoms with van der Waals surface area (Å²) in [6, 6.07) is 0. The first-order valence-corrected chi connectivity index (χ1v) is 3.88. The van der Waals surface area contributed by atoms with Gasteiger partial charge in [-0.15, -0.1) is 11.6 Å². The summed E-state index contributed by atoms with van der Waals surface area (Å²) >= 11 is 5.85. The van der Waals surface area contributed by atoms with E-state index in [1.165, 1.54) is 0 Å². The lowest BCUT2D eigenvalue weighted by atomic mass is 10.2. The van der Waals surface area contributed by atoms with E-state index in [1.54, 1.807) is 7.11 Å². The Morgan fingerprint density at radius 1 is 1.56 bits per heavy atom. The van der Waals surface area contributed by atoms with Crippen LogP contribution in [0.4, 0.5) is 0 Å². The number of ether oxygens (including phenoxy) is 1. The largest absolute Gasteiger partial charge is 0.385 e. The predicted molar refractivity (Wildman–Crippen MR) is 41.0 cm³/mol. The van der Waals surface area contributed by atoms with Crippen LogP contribution < -0.4 is 0 Å². The predicted octanol–water partition coefficient (Wildman–Crippen LogP) is 2.43. The van der Waals surface area contributed by atoms with Crippen LogP contribution >= 0.6 is 11.6 Å². The first-order chi connectivity index (χ1) is 4.31. The van der Waals surface area contributed by atoms with Gasteiger partial charge in [0, 0.05) is 19.1 Å². The summed E-state index contributed by atoms with van der Waals surface area (Å²) in [6.45, 7) is 2.94. The summed E-state index contributed by atoms with van der Waals surface area (Å²) < 4.78 is 4.88. The van der Waals surface area contributed by atoms with Crippen LogP contribution in [0.3, 0.4) is 0 Å². The number of halogens is 1. The zero-order chi connectivity index (χ0) is 7.11. The molecule has 0 radical (unpaired) electrons. The van der Waals surface area contributed by atoms with Crippen molar-refractivity contribution in [2.45, 2.75) is 31.6 Å². The second-order valence-electron chi connectivity index (χ2n) is 2.14. The standard InChI is InChI=1S/C7H15ClO/c1-3-7(8)5-4-6-9-2/h7H,3-6H2,1-2H3. The number of hydrogen-bond donors (Lipinski definition) is 0. The van der Waals surface area contributed by atoms with Crippen molar-refractivity contribution in [2.24, 2.45) is 0 Å². The van der Waals surface area contributed by atoms with Gasteiger partial charge < -0.3 is 4.74 Å². The highest BCUT2D eigenvalue weighted by atomic mass is 35.5. The average Bonchev–Trinajstić information content (AvgIpc) is 1.89. The third kappa shape index (κ3) is 6.13. The number of alkyl halides is 1. The molecule has 0 aliphatic rings. The molecule has 0 heterocycles. The zero-order valence-corrected chi connectivity index (χ0v) is 6.95. The fraction of sp³-hybridized carbons (Fsp3) is 1.00. The number of methoxy groups -OCH3 is 1. The molecule has 0 aliphatic heterocycles. The molecule has 9 heavy (non-hydrogen) atoms. The molecule has 0 amide bonds. The molecule has 1 atom stereocenters. The Labute approximate surface area is 62.3 Å². The molecule has 0 aromatic heterocycles. The van der Waals surface area contributed by atoms with Crippen LogP contribution in [-0.4, -0.2) is 19.1 Å². The lowest BCUT2D eigenvalue weighted by Gasteiger charge is -2.03. The maximum atomic E-state index is 5.85. The van der Waals surface area contributed by atoms with Crippen LogP contribution in [0, 0.1) is 0 Å². The maximum Gasteiger partial charge on any atom is 0.0462 e. The summed E-state index contributed by atoms with van der Waals surface area (Å²) in [4.78, 5) is 0. The molecular formula is C7H15ClO. The Hall–Kier alpha value is 0.250. The Bertz CT molecular complexity index is 56.9. The number of rotatable bonds is 5. The van der Waals surface area contributed by atoms with E-state index in [9.17, 15) is 0 Å². The Morgan fingerprint density at radius 2 is 2.22 bits per heavy atom. The molecule has 0 aromatic carbocycles. The Kier molecular flexibility index (Phi) is 6.55. The Morgan fingerprint density at radius 3 is 2.67 bits per heavy atom. The van der Waals surface area contributed by atoms with Gasteiger partial charge in [0.1, 0.15) is 0 Å². The summed E-state index contributed by atoms with van der Waals surface area (Å²) in [5, 5.41) is 0.347. The van der Waals surface area contributed by atoms with E-state index in [-0.39, 0.29) is 0 Å². The van der Waals surface area contributed by atoms with E-state index in [1.807, 2.05) is 0 Å². The third-order valence-corrected chi connectivity index (χ3v) is 1.84. The van der Waals surface area contributed by atoms with Crippen LogP contribution in [0.1, 0.15) is 26.2 Å². The summed E-state index contributed by atoms with van der Waals surface area (Å²) in [5.74, 6) is 0. The molecule has 0 aromatic rings. The van der Waals surface area contributed by atoms with E-state index >= 15 is 0 Å². The first kappa shape index (κ1) is 9.25. The van der Waals surface area contributed by atoms with E-state index in [2.05, 4.69) is 6.92 Å². The minimum Gasteiger partial charge on any atom is -0.385 e. The summed E-state index contributed by atoms with van der Waals surface area (Å²) in [6.07, 6.45) is 3.22. The molecule has 0 saturated heterocycles. The zero-order valence-electron chi connectivity index (χ0n) is 6.19.